The molecule has 5 aromatic rings. The predicted molar refractivity (Wildman–Crippen MR) is 152 cm³/mol. The Balaban J connectivity index is 1.18. The van der Waals surface area contributed by atoms with E-state index in [0.29, 0.717) is 22.7 Å². The fourth-order valence-corrected chi connectivity index (χ4v) is 4.60. The van der Waals surface area contributed by atoms with E-state index in [9.17, 15) is 14.0 Å². The number of hydrogen-bond acceptors (Lipinski definition) is 7. The SMILES string of the molecule is O=C(Nc1ccc(Oc2ccnc3cnc(N4CCNCC4)cc23)cc1)c1c[nH]cc(-c2ccc(F)cc2)c1=O. The number of fused-ring (bicyclic) bond motifs is 1. The summed E-state index contributed by atoms with van der Waals surface area (Å²) < 4.78 is 19.5. The second kappa shape index (κ2) is 11.0. The third-order valence-corrected chi connectivity index (χ3v) is 6.70. The average Bonchev–Trinajstić information content (AvgIpc) is 2.99. The maximum absolute atomic E-state index is 13.3. The number of nitrogens with one attached hydrogen (secondary N) is 3. The number of hydrogen-bond donors (Lipinski definition) is 3. The van der Waals surface area contributed by atoms with Gasteiger partial charge in [-0.15, -0.1) is 0 Å². The molecule has 3 aromatic heterocycles. The molecule has 9 nitrogen and oxygen atoms in total. The summed E-state index contributed by atoms with van der Waals surface area (Å²) >= 11 is 0. The van der Waals surface area contributed by atoms with E-state index in [1.807, 2.05) is 6.07 Å². The molecule has 0 saturated carbocycles. The summed E-state index contributed by atoms with van der Waals surface area (Å²) in [4.78, 5) is 39.9. The number of halogens is 1. The molecule has 4 heterocycles. The van der Waals surface area contributed by atoms with Crippen LogP contribution in [0.15, 0.2) is 90.2 Å². The third kappa shape index (κ3) is 5.25. The van der Waals surface area contributed by atoms with E-state index in [2.05, 4.69) is 30.5 Å². The van der Waals surface area contributed by atoms with Crippen LogP contribution in [0, 0.1) is 5.82 Å². The first-order valence-electron chi connectivity index (χ1n) is 12.8. The predicted octanol–water partition coefficient (Wildman–Crippen LogP) is 4.58. The number of benzene rings is 2. The molecular formula is C30H25FN6O3. The molecule has 2 aromatic carbocycles. The minimum atomic E-state index is -0.563. The number of H-pyrrole nitrogens is 1. The normalized spacial score (nSPS) is 13.3. The number of ether oxygens (including phenoxy) is 1. The molecular weight excluding hydrogens is 511 g/mol. The Bertz CT molecular complexity index is 1730. The van der Waals surface area contributed by atoms with E-state index in [4.69, 9.17) is 4.74 Å². The highest BCUT2D eigenvalue weighted by atomic mass is 19.1. The monoisotopic (exact) mass is 536 g/mol. The lowest BCUT2D eigenvalue weighted by atomic mass is 10.0. The van der Waals surface area contributed by atoms with Crippen molar-refractivity contribution in [2.75, 3.05) is 36.4 Å². The Morgan fingerprint density at radius 1 is 0.975 bits per heavy atom. The van der Waals surface area contributed by atoms with E-state index < -0.39 is 17.2 Å². The van der Waals surface area contributed by atoms with Gasteiger partial charge in [0.15, 0.2) is 0 Å². The van der Waals surface area contributed by atoms with Crippen LogP contribution < -0.4 is 25.7 Å². The maximum atomic E-state index is 13.3. The first-order valence-corrected chi connectivity index (χ1v) is 12.8. The van der Waals surface area contributed by atoms with E-state index in [0.717, 1.165) is 42.9 Å². The summed E-state index contributed by atoms with van der Waals surface area (Å²) in [5.74, 6) is 1.12. The molecule has 1 aliphatic rings. The number of carbonyl (C=O) groups excluding carboxylic acids is 1. The van der Waals surface area contributed by atoms with Gasteiger partial charge in [0.2, 0.25) is 5.43 Å². The van der Waals surface area contributed by atoms with Crippen LogP contribution in [0.4, 0.5) is 15.9 Å². The molecule has 0 bridgehead atoms. The van der Waals surface area contributed by atoms with Gasteiger partial charge in [-0.2, -0.15) is 0 Å². The van der Waals surface area contributed by atoms with Crippen LogP contribution in [-0.4, -0.2) is 47.0 Å². The number of piperazine rings is 1. The van der Waals surface area contributed by atoms with Crippen molar-refractivity contribution in [2.24, 2.45) is 0 Å². The Hall–Kier alpha value is -5.09. The summed E-state index contributed by atoms with van der Waals surface area (Å²) in [6, 6.07) is 16.2. The standard InChI is InChI=1S/C30H25FN6O3/c31-20-3-1-19(2-4-20)24-16-33-17-25(29(24)38)30(39)36-21-5-7-22(8-6-21)40-27-9-10-34-26-18-35-28(15-23(26)27)37-13-11-32-12-14-37/h1-10,15-18,32H,11-14H2,(H,33,38)(H,36,39). The molecule has 0 atom stereocenters. The largest absolute Gasteiger partial charge is 0.457 e. The zero-order chi connectivity index (χ0) is 27.5. The number of carbonyl (C=O) groups is 1. The fraction of sp³-hybridized carbons (Fsp3) is 0.133. The van der Waals surface area contributed by atoms with Crippen LogP contribution in [0.25, 0.3) is 22.0 Å². The van der Waals surface area contributed by atoms with Crippen LogP contribution in [0.5, 0.6) is 11.5 Å². The zero-order valence-corrected chi connectivity index (χ0v) is 21.4. The number of amides is 1. The van der Waals surface area contributed by atoms with E-state index in [1.165, 1.54) is 36.7 Å². The zero-order valence-electron chi connectivity index (χ0n) is 21.4. The van der Waals surface area contributed by atoms with Crippen LogP contribution in [0.3, 0.4) is 0 Å². The van der Waals surface area contributed by atoms with E-state index in [1.54, 1.807) is 42.7 Å². The highest BCUT2D eigenvalue weighted by Crippen LogP contribution is 2.31. The number of pyridine rings is 3. The van der Waals surface area contributed by atoms with Gasteiger partial charge in [0.25, 0.3) is 5.91 Å². The number of aromatic amines is 1. The fourth-order valence-electron chi connectivity index (χ4n) is 4.60. The molecule has 3 N–H and O–H groups in total. The topological polar surface area (TPSA) is 112 Å². The summed E-state index contributed by atoms with van der Waals surface area (Å²) in [5, 5.41) is 6.94. The number of anilines is 2. The van der Waals surface area contributed by atoms with Crippen LogP contribution in [0.1, 0.15) is 10.4 Å². The molecule has 1 aliphatic heterocycles. The highest BCUT2D eigenvalue weighted by Gasteiger charge is 2.16. The molecule has 1 amide bonds. The minimum absolute atomic E-state index is 0.0562. The van der Waals surface area contributed by atoms with Crippen LogP contribution in [-0.2, 0) is 0 Å². The lowest BCUT2D eigenvalue weighted by Gasteiger charge is -2.28. The number of nitrogens with zero attached hydrogens (tertiary/aromatic N) is 3. The molecule has 6 rings (SSSR count). The van der Waals surface area contributed by atoms with Gasteiger partial charge in [-0.3, -0.25) is 14.6 Å². The van der Waals surface area contributed by atoms with Crippen molar-refractivity contribution in [1.82, 2.24) is 20.3 Å². The first-order chi connectivity index (χ1) is 19.5. The Labute approximate surface area is 228 Å². The summed E-state index contributed by atoms with van der Waals surface area (Å²) in [6.07, 6.45) is 6.27. The second-order valence-electron chi connectivity index (χ2n) is 9.31. The van der Waals surface area contributed by atoms with Crippen molar-refractivity contribution in [2.45, 2.75) is 0 Å². The van der Waals surface area contributed by atoms with Crippen LogP contribution >= 0.6 is 0 Å². The van der Waals surface area contributed by atoms with Gasteiger partial charge in [0, 0.05) is 61.4 Å². The molecule has 0 aliphatic carbocycles. The molecule has 1 fully saturated rings. The summed E-state index contributed by atoms with van der Waals surface area (Å²) in [5.41, 5.74) is 1.50. The molecule has 0 unspecified atom stereocenters. The molecule has 1 saturated heterocycles. The van der Waals surface area contributed by atoms with Gasteiger partial charge < -0.3 is 25.3 Å². The second-order valence-corrected chi connectivity index (χ2v) is 9.31. The third-order valence-electron chi connectivity index (χ3n) is 6.70. The van der Waals surface area contributed by atoms with Gasteiger partial charge >= 0.3 is 0 Å². The quantitative estimate of drug-likeness (QED) is 0.291. The highest BCUT2D eigenvalue weighted by molar-refractivity contribution is 6.04. The van der Waals surface area contributed by atoms with Crippen molar-refractivity contribution in [3.05, 3.63) is 107 Å². The van der Waals surface area contributed by atoms with Crippen molar-refractivity contribution in [1.29, 1.82) is 0 Å². The van der Waals surface area contributed by atoms with Gasteiger partial charge in [0.05, 0.1) is 11.7 Å². The lowest BCUT2D eigenvalue weighted by Crippen LogP contribution is -2.43. The summed E-state index contributed by atoms with van der Waals surface area (Å²) in [7, 11) is 0. The van der Waals surface area contributed by atoms with Crippen LogP contribution in [0.2, 0.25) is 0 Å². The van der Waals surface area contributed by atoms with Gasteiger partial charge in [-0.1, -0.05) is 12.1 Å². The number of rotatable bonds is 6. The molecule has 0 spiro atoms. The Kier molecular flexibility index (Phi) is 6.90. The molecule has 200 valence electrons. The van der Waals surface area contributed by atoms with Gasteiger partial charge in [-0.05, 0) is 54.1 Å². The summed E-state index contributed by atoms with van der Waals surface area (Å²) in [6.45, 7) is 3.58. The average molecular weight is 537 g/mol. The molecule has 10 heteroatoms. The first kappa shape index (κ1) is 25.2. The van der Waals surface area contributed by atoms with Gasteiger partial charge in [-0.25, -0.2) is 9.37 Å². The minimum Gasteiger partial charge on any atom is -0.457 e. The van der Waals surface area contributed by atoms with E-state index >= 15 is 0 Å². The molecule has 0 radical (unpaired) electrons. The van der Waals surface area contributed by atoms with Crippen molar-refractivity contribution in [3.63, 3.8) is 0 Å². The van der Waals surface area contributed by atoms with E-state index in [-0.39, 0.29) is 11.1 Å². The van der Waals surface area contributed by atoms with Crippen molar-refractivity contribution in [3.8, 4) is 22.6 Å². The number of aromatic nitrogens is 3. The Morgan fingerprint density at radius 2 is 1.75 bits per heavy atom. The Morgan fingerprint density at radius 3 is 2.52 bits per heavy atom. The van der Waals surface area contributed by atoms with Crippen molar-refractivity contribution >= 4 is 28.3 Å². The maximum Gasteiger partial charge on any atom is 0.261 e. The smallest absolute Gasteiger partial charge is 0.261 e. The van der Waals surface area contributed by atoms with Gasteiger partial charge in [0.1, 0.15) is 28.7 Å². The molecule has 40 heavy (non-hydrogen) atoms. The lowest BCUT2D eigenvalue weighted by molar-refractivity contribution is 0.102. The van der Waals surface area contributed by atoms with Crippen molar-refractivity contribution < 1.29 is 13.9 Å².